The van der Waals surface area contributed by atoms with Crippen LogP contribution in [-0.4, -0.2) is 31.3 Å². The Balaban J connectivity index is 2.06. The van der Waals surface area contributed by atoms with E-state index in [0.717, 1.165) is 5.69 Å². The standard InChI is InChI=1S/C21H29N2O5PS2/c1-5-25-29(30,26-6-2)23(18-12-8-7-9-13-18)31-16-22-21(24)28-20-15-11-10-14-19(20)27-17(3)4/h7-15,17H,5-6,16H2,1-4H3,(H,22,24). The largest absolute Gasteiger partial charge is 0.487 e. The predicted molar refractivity (Wildman–Crippen MR) is 130 cm³/mol. The van der Waals surface area contributed by atoms with Gasteiger partial charge in [-0.2, -0.15) is 0 Å². The molecule has 0 aliphatic heterocycles. The lowest BCUT2D eigenvalue weighted by Gasteiger charge is -2.33. The molecule has 170 valence electrons. The second kappa shape index (κ2) is 12.9. The topological polar surface area (TPSA) is 69.3 Å². The number of rotatable bonds is 12. The summed E-state index contributed by atoms with van der Waals surface area (Å²) in [6, 6.07) is 16.6. The molecule has 2 aromatic rings. The first-order valence-electron chi connectivity index (χ1n) is 9.98. The first-order chi connectivity index (χ1) is 14.9. The van der Waals surface area contributed by atoms with E-state index in [2.05, 4.69) is 5.32 Å². The van der Waals surface area contributed by atoms with Gasteiger partial charge in [0.25, 0.3) is 6.64 Å². The molecule has 0 radical (unpaired) electrons. The van der Waals surface area contributed by atoms with Crippen molar-refractivity contribution in [3.63, 3.8) is 0 Å². The van der Waals surface area contributed by atoms with Crippen LogP contribution in [0.5, 0.6) is 11.5 Å². The summed E-state index contributed by atoms with van der Waals surface area (Å²) < 4.78 is 24.6. The minimum atomic E-state index is -2.78. The fourth-order valence-electron chi connectivity index (χ4n) is 2.48. The van der Waals surface area contributed by atoms with E-state index in [0.29, 0.717) is 24.7 Å². The van der Waals surface area contributed by atoms with Crippen LogP contribution in [0.4, 0.5) is 10.5 Å². The van der Waals surface area contributed by atoms with Crippen LogP contribution in [0.3, 0.4) is 0 Å². The molecule has 0 heterocycles. The molecule has 31 heavy (non-hydrogen) atoms. The second-order valence-electron chi connectivity index (χ2n) is 6.37. The van der Waals surface area contributed by atoms with Crippen molar-refractivity contribution in [3.05, 3.63) is 54.6 Å². The quantitative estimate of drug-likeness (QED) is 0.224. The molecular weight excluding hydrogens is 455 g/mol. The van der Waals surface area contributed by atoms with Gasteiger partial charge in [-0.25, -0.2) is 8.87 Å². The maximum atomic E-state index is 12.4. The number of hydrogen-bond donors (Lipinski definition) is 1. The van der Waals surface area contributed by atoms with E-state index >= 15 is 0 Å². The number of benzene rings is 2. The number of para-hydroxylation sites is 3. The van der Waals surface area contributed by atoms with Gasteiger partial charge in [-0.1, -0.05) is 30.3 Å². The summed E-state index contributed by atoms with van der Waals surface area (Å²) in [6.45, 7) is 5.62. The molecule has 0 bridgehead atoms. The van der Waals surface area contributed by atoms with Crippen LogP contribution in [0.1, 0.15) is 27.7 Å². The first-order valence-corrected chi connectivity index (χ1v) is 13.5. The molecular formula is C21H29N2O5PS2. The van der Waals surface area contributed by atoms with E-state index in [-0.39, 0.29) is 12.0 Å². The van der Waals surface area contributed by atoms with Crippen molar-refractivity contribution in [2.45, 2.75) is 33.8 Å². The van der Waals surface area contributed by atoms with E-state index in [1.54, 1.807) is 18.2 Å². The van der Waals surface area contributed by atoms with Crippen molar-refractivity contribution in [1.29, 1.82) is 0 Å². The zero-order chi connectivity index (χ0) is 22.7. The van der Waals surface area contributed by atoms with Crippen LogP contribution < -0.4 is 18.9 Å². The second-order valence-corrected chi connectivity index (χ2v) is 10.8. The molecule has 2 rings (SSSR count). The van der Waals surface area contributed by atoms with Gasteiger partial charge >= 0.3 is 6.09 Å². The number of carbonyl (C=O) groups excluding carboxylic acids is 1. The van der Waals surface area contributed by atoms with Crippen molar-refractivity contribution >= 4 is 42.2 Å². The van der Waals surface area contributed by atoms with Gasteiger partial charge in [0.2, 0.25) is 0 Å². The average molecular weight is 485 g/mol. The zero-order valence-corrected chi connectivity index (χ0v) is 20.7. The molecule has 1 N–H and O–H groups in total. The van der Waals surface area contributed by atoms with Gasteiger partial charge in [0.05, 0.1) is 30.9 Å². The highest BCUT2D eigenvalue weighted by Gasteiger charge is 2.29. The minimum absolute atomic E-state index is 0.0379. The summed E-state index contributed by atoms with van der Waals surface area (Å²) >= 11 is 7.06. The number of nitrogens with one attached hydrogen (secondary N) is 1. The Labute approximate surface area is 193 Å². The van der Waals surface area contributed by atoms with Crippen molar-refractivity contribution in [2.75, 3.05) is 23.2 Å². The van der Waals surface area contributed by atoms with Crippen LogP contribution in [0.15, 0.2) is 54.6 Å². The van der Waals surface area contributed by atoms with Gasteiger partial charge in [0, 0.05) is 0 Å². The molecule has 0 atom stereocenters. The van der Waals surface area contributed by atoms with Gasteiger partial charge < -0.3 is 23.8 Å². The van der Waals surface area contributed by atoms with Gasteiger partial charge in [0.15, 0.2) is 11.5 Å². The van der Waals surface area contributed by atoms with Crippen LogP contribution in [0.2, 0.25) is 0 Å². The Morgan fingerprint density at radius 3 is 2.19 bits per heavy atom. The molecule has 0 aliphatic rings. The van der Waals surface area contributed by atoms with Crippen LogP contribution >= 0.6 is 18.6 Å². The minimum Gasteiger partial charge on any atom is -0.487 e. The van der Waals surface area contributed by atoms with Gasteiger partial charge in [-0.15, -0.1) is 0 Å². The SMILES string of the molecule is CCOP(=S)(OCC)N(SCNC(=O)Oc1ccccc1OC(C)C)c1ccccc1. The molecule has 10 heteroatoms. The fraction of sp³-hybridized carbons (Fsp3) is 0.381. The van der Waals surface area contributed by atoms with E-state index in [1.807, 2.05) is 68.2 Å². The molecule has 2 aromatic carbocycles. The molecule has 0 fully saturated rings. The monoisotopic (exact) mass is 484 g/mol. The Hall–Kier alpha value is -1.77. The van der Waals surface area contributed by atoms with Crippen molar-refractivity contribution in [2.24, 2.45) is 0 Å². The van der Waals surface area contributed by atoms with Crippen molar-refractivity contribution in [3.8, 4) is 11.5 Å². The first kappa shape index (κ1) is 25.5. The summed E-state index contributed by atoms with van der Waals surface area (Å²) in [5.74, 6) is 1.07. The molecule has 0 saturated heterocycles. The lowest BCUT2D eigenvalue weighted by atomic mass is 10.3. The summed E-state index contributed by atoms with van der Waals surface area (Å²) in [4.78, 5) is 12.4. The number of ether oxygens (including phenoxy) is 2. The Kier molecular flexibility index (Phi) is 10.6. The third-order valence-corrected chi connectivity index (χ3v) is 8.60. The maximum Gasteiger partial charge on any atom is 0.413 e. The highest BCUT2D eigenvalue weighted by atomic mass is 32.5. The maximum absolute atomic E-state index is 12.4. The van der Waals surface area contributed by atoms with Crippen LogP contribution in [0, 0.1) is 0 Å². The van der Waals surface area contributed by atoms with Crippen LogP contribution in [0.25, 0.3) is 0 Å². The highest BCUT2D eigenvalue weighted by Crippen LogP contribution is 2.57. The van der Waals surface area contributed by atoms with Crippen LogP contribution in [-0.2, 0) is 20.9 Å². The highest BCUT2D eigenvalue weighted by molar-refractivity contribution is 8.19. The zero-order valence-electron chi connectivity index (χ0n) is 18.1. The molecule has 0 saturated carbocycles. The lowest BCUT2D eigenvalue weighted by Crippen LogP contribution is -2.29. The van der Waals surface area contributed by atoms with Gasteiger partial charge in [-0.3, -0.25) is 0 Å². The normalized spacial score (nSPS) is 11.3. The summed E-state index contributed by atoms with van der Waals surface area (Å²) in [6.07, 6.45) is -0.634. The van der Waals surface area contributed by atoms with E-state index < -0.39 is 12.7 Å². The Morgan fingerprint density at radius 1 is 1.03 bits per heavy atom. The fourth-order valence-corrected chi connectivity index (χ4v) is 6.77. The number of nitrogens with zero attached hydrogens (tertiary/aromatic N) is 1. The summed E-state index contributed by atoms with van der Waals surface area (Å²) in [5.41, 5.74) is 0.837. The van der Waals surface area contributed by atoms with E-state index in [1.165, 1.54) is 11.9 Å². The van der Waals surface area contributed by atoms with Gasteiger partial charge in [-0.05, 0) is 75.7 Å². The smallest absolute Gasteiger partial charge is 0.413 e. The Bertz CT molecular complexity index is 860. The third-order valence-electron chi connectivity index (χ3n) is 3.60. The Morgan fingerprint density at radius 2 is 1.61 bits per heavy atom. The number of amides is 1. The summed E-state index contributed by atoms with van der Waals surface area (Å²) in [7, 11) is 0. The molecule has 1 amide bonds. The predicted octanol–water partition coefficient (Wildman–Crippen LogP) is 5.97. The number of anilines is 1. The van der Waals surface area contributed by atoms with E-state index in [9.17, 15) is 4.79 Å². The number of hydrogen-bond acceptors (Lipinski definition) is 7. The van der Waals surface area contributed by atoms with Crippen molar-refractivity contribution < 1.29 is 23.3 Å². The molecule has 7 nitrogen and oxygen atoms in total. The molecule has 0 aliphatic carbocycles. The molecule has 0 aromatic heterocycles. The van der Waals surface area contributed by atoms with Gasteiger partial charge in [0.1, 0.15) is 0 Å². The third kappa shape index (κ3) is 8.01. The summed E-state index contributed by atoms with van der Waals surface area (Å²) in [5, 5.41) is 2.73. The van der Waals surface area contributed by atoms with Crippen molar-refractivity contribution in [1.82, 2.24) is 5.32 Å². The molecule has 0 spiro atoms. The number of carbonyl (C=O) groups is 1. The molecule has 0 unspecified atom stereocenters. The van der Waals surface area contributed by atoms with E-state index in [4.69, 9.17) is 30.3 Å². The average Bonchev–Trinajstić information content (AvgIpc) is 2.73. The lowest BCUT2D eigenvalue weighted by molar-refractivity contribution is 0.193.